The third-order valence-electron chi connectivity index (χ3n) is 7.80. The molecule has 0 heterocycles. The van der Waals surface area contributed by atoms with Crippen molar-refractivity contribution >= 4 is 13.7 Å². The van der Waals surface area contributed by atoms with Gasteiger partial charge in [-0.15, -0.1) is 0 Å². The van der Waals surface area contributed by atoms with Crippen LogP contribution in [0.2, 0.25) is 0 Å². The molecule has 0 radical (unpaired) electrons. The Balaban J connectivity index is 4.64. The molecule has 3 unspecified atom stereocenters. The van der Waals surface area contributed by atoms with Gasteiger partial charge in [-0.3, -0.25) is 9.36 Å². The highest BCUT2D eigenvalue weighted by atomic mass is 31.2. The van der Waals surface area contributed by atoms with Crippen LogP contribution in [-0.4, -0.2) is 68.5 Å². The number of hydrogen-bond donors (Lipinski definition) is 2. The lowest BCUT2D eigenvalue weighted by Crippen LogP contribution is -2.45. The van der Waals surface area contributed by atoms with Crippen molar-refractivity contribution in [2.75, 3.05) is 40.9 Å². The number of unbranched alkanes of at least 4 members (excludes halogenated alkanes) is 15. The third-order valence-corrected chi connectivity index (χ3v) is 8.77. The average Bonchev–Trinajstić information content (AvgIpc) is 2.99. The molecule has 0 aromatic rings. The number of rotatable bonds is 32. The summed E-state index contributed by atoms with van der Waals surface area (Å²) in [6.07, 6.45) is 33.3. The second kappa shape index (κ2) is 29.8. The number of nitrogens with one attached hydrogen (secondary N) is 1. The molecular formula is C37H71N2O6P. The molecule has 0 aromatic carbocycles. The van der Waals surface area contributed by atoms with Gasteiger partial charge in [0.1, 0.15) is 13.2 Å². The number of hydrogen-bond acceptors (Lipinski definition) is 6. The van der Waals surface area contributed by atoms with Crippen LogP contribution in [0.4, 0.5) is 0 Å². The summed E-state index contributed by atoms with van der Waals surface area (Å²) in [5, 5.41) is 13.6. The maximum absolute atomic E-state index is 12.7. The summed E-state index contributed by atoms with van der Waals surface area (Å²) < 4.78 is 23.0. The van der Waals surface area contributed by atoms with Crippen LogP contribution >= 0.6 is 7.82 Å². The van der Waals surface area contributed by atoms with E-state index in [1.807, 2.05) is 27.2 Å². The van der Waals surface area contributed by atoms with Crippen LogP contribution in [0.5, 0.6) is 0 Å². The number of amides is 1. The Bertz CT molecular complexity index is 855. The molecule has 0 rings (SSSR count). The van der Waals surface area contributed by atoms with Crippen molar-refractivity contribution in [1.29, 1.82) is 0 Å². The Hall–Kier alpha value is -1.28. The van der Waals surface area contributed by atoms with Gasteiger partial charge in [0, 0.05) is 6.42 Å². The first kappa shape index (κ1) is 44.7. The topological polar surface area (TPSA) is 108 Å². The average molecular weight is 671 g/mol. The lowest BCUT2D eigenvalue weighted by atomic mass is 10.1. The lowest BCUT2D eigenvalue weighted by Gasteiger charge is -2.29. The summed E-state index contributed by atoms with van der Waals surface area (Å²) in [6, 6.07) is -0.902. The molecule has 0 spiro atoms. The number of carbonyl (C=O) groups is 1. The fourth-order valence-electron chi connectivity index (χ4n) is 4.81. The predicted molar refractivity (Wildman–Crippen MR) is 191 cm³/mol. The smallest absolute Gasteiger partial charge is 0.268 e. The van der Waals surface area contributed by atoms with Crippen LogP contribution < -0.4 is 10.2 Å². The summed E-state index contributed by atoms with van der Waals surface area (Å²) in [5.74, 6) is -0.223. The zero-order valence-corrected chi connectivity index (χ0v) is 31.2. The van der Waals surface area contributed by atoms with Crippen LogP contribution in [0, 0.1) is 0 Å². The molecule has 0 saturated carbocycles. The number of carbonyl (C=O) groups excluding carboxylic acids is 1. The number of nitrogens with zero attached hydrogens (tertiary/aromatic N) is 1. The van der Waals surface area contributed by atoms with Crippen molar-refractivity contribution in [3.63, 3.8) is 0 Å². The van der Waals surface area contributed by atoms with E-state index in [1.54, 1.807) is 6.08 Å². The van der Waals surface area contributed by atoms with Crippen molar-refractivity contribution in [3.05, 3.63) is 36.5 Å². The van der Waals surface area contributed by atoms with Crippen LogP contribution in [0.25, 0.3) is 0 Å². The Kier molecular flexibility index (Phi) is 29.0. The van der Waals surface area contributed by atoms with Crippen molar-refractivity contribution in [2.24, 2.45) is 0 Å². The van der Waals surface area contributed by atoms with E-state index in [-0.39, 0.29) is 12.5 Å². The van der Waals surface area contributed by atoms with E-state index in [0.717, 1.165) is 64.2 Å². The monoisotopic (exact) mass is 671 g/mol. The van der Waals surface area contributed by atoms with E-state index in [9.17, 15) is 19.4 Å². The fraction of sp³-hybridized carbons (Fsp3) is 0.811. The molecule has 0 bridgehead atoms. The maximum atomic E-state index is 12.7. The highest BCUT2D eigenvalue weighted by molar-refractivity contribution is 7.45. The van der Waals surface area contributed by atoms with E-state index in [0.29, 0.717) is 17.4 Å². The van der Waals surface area contributed by atoms with Crippen molar-refractivity contribution in [3.8, 4) is 0 Å². The zero-order valence-electron chi connectivity index (χ0n) is 30.3. The van der Waals surface area contributed by atoms with Gasteiger partial charge >= 0.3 is 0 Å². The van der Waals surface area contributed by atoms with Gasteiger partial charge in [-0.1, -0.05) is 121 Å². The van der Waals surface area contributed by atoms with Crippen LogP contribution in [0.3, 0.4) is 0 Å². The first-order valence-corrected chi connectivity index (χ1v) is 19.8. The first-order valence-electron chi connectivity index (χ1n) is 18.4. The Morgan fingerprint density at radius 1 is 0.739 bits per heavy atom. The van der Waals surface area contributed by atoms with Gasteiger partial charge in [-0.2, -0.15) is 0 Å². The Labute approximate surface area is 283 Å². The molecule has 0 fully saturated rings. The number of allylic oxidation sites excluding steroid dienone is 5. The Morgan fingerprint density at radius 2 is 1.26 bits per heavy atom. The molecule has 46 heavy (non-hydrogen) atoms. The normalized spacial score (nSPS) is 15.2. The zero-order chi connectivity index (χ0) is 34.4. The molecule has 9 heteroatoms. The van der Waals surface area contributed by atoms with Gasteiger partial charge in [-0.05, 0) is 51.4 Å². The standard InChI is InChI=1S/C37H71N2O6P/c1-6-8-10-12-14-16-18-19-20-21-22-24-26-28-30-36(40)35(34-45-46(42,43)44-33-32-39(3,4)5)38-37(41)31-29-27-25-23-17-15-13-11-9-7-2/h11,13,21-22,28,30,35-36,40H,6-10,12,14-20,23-27,29,31-34H2,1-5H3,(H-,38,41,42,43)/b13-11-,22-21+,30-28+. The van der Waals surface area contributed by atoms with Crippen molar-refractivity contribution < 1.29 is 32.9 Å². The number of aliphatic hydroxyl groups is 1. The van der Waals surface area contributed by atoms with Gasteiger partial charge in [-0.25, -0.2) is 0 Å². The third kappa shape index (κ3) is 31.3. The molecule has 0 aliphatic rings. The second-order valence-electron chi connectivity index (χ2n) is 13.6. The van der Waals surface area contributed by atoms with E-state index >= 15 is 0 Å². The molecule has 0 aliphatic heterocycles. The van der Waals surface area contributed by atoms with E-state index in [2.05, 4.69) is 43.5 Å². The van der Waals surface area contributed by atoms with Gasteiger partial charge in [0.15, 0.2) is 0 Å². The van der Waals surface area contributed by atoms with E-state index in [1.165, 1.54) is 57.8 Å². The van der Waals surface area contributed by atoms with Crippen LogP contribution in [-0.2, 0) is 18.4 Å². The SMILES string of the molecule is CCC/C=C\CCCCCCCC(=O)NC(COP(=O)([O-])OCC[N+](C)(C)C)C(O)/C=C/CC/C=C/CCCCCCCCCC. The van der Waals surface area contributed by atoms with Crippen LogP contribution in [0.1, 0.15) is 142 Å². The highest BCUT2D eigenvalue weighted by Crippen LogP contribution is 2.38. The summed E-state index contributed by atoms with van der Waals surface area (Å²) in [4.78, 5) is 25.1. The van der Waals surface area contributed by atoms with Crippen molar-refractivity contribution in [1.82, 2.24) is 5.32 Å². The van der Waals surface area contributed by atoms with Crippen LogP contribution in [0.15, 0.2) is 36.5 Å². The molecular weight excluding hydrogens is 599 g/mol. The largest absolute Gasteiger partial charge is 0.756 e. The number of phosphoric acid groups is 1. The molecule has 270 valence electrons. The summed E-state index contributed by atoms with van der Waals surface area (Å²) in [6.45, 7) is 4.51. The van der Waals surface area contributed by atoms with Gasteiger partial charge < -0.3 is 28.8 Å². The molecule has 0 saturated heterocycles. The number of likely N-dealkylation sites (N-methyl/N-ethyl adjacent to an activating group) is 1. The fourth-order valence-corrected chi connectivity index (χ4v) is 5.54. The number of quaternary nitrogens is 1. The minimum Gasteiger partial charge on any atom is -0.756 e. The molecule has 0 aliphatic carbocycles. The maximum Gasteiger partial charge on any atom is 0.268 e. The van der Waals surface area contributed by atoms with E-state index in [4.69, 9.17) is 9.05 Å². The quantitative estimate of drug-likeness (QED) is 0.0321. The second-order valence-corrected chi connectivity index (χ2v) is 15.0. The Morgan fingerprint density at radius 3 is 1.85 bits per heavy atom. The highest BCUT2D eigenvalue weighted by Gasteiger charge is 2.23. The molecule has 1 amide bonds. The summed E-state index contributed by atoms with van der Waals surface area (Å²) in [5.41, 5.74) is 0. The molecule has 2 N–H and O–H groups in total. The molecule has 8 nitrogen and oxygen atoms in total. The van der Waals surface area contributed by atoms with Gasteiger partial charge in [0.2, 0.25) is 5.91 Å². The van der Waals surface area contributed by atoms with E-state index < -0.39 is 26.6 Å². The first-order chi connectivity index (χ1) is 22.0. The minimum absolute atomic E-state index is 0.00858. The number of phosphoric ester groups is 1. The molecule has 3 atom stereocenters. The number of aliphatic hydroxyl groups excluding tert-OH is 1. The van der Waals surface area contributed by atoms with Crippen molar-refractivity contribution in [2.45, 2.75) is 154 Å². The minimum atomic E-state index is -4.58. The summed E-state index contributed by atoms with van der Waals surface area (Å²) in [7, 11) is 1.23. The molecule has 0 aromatic heterocycles. The summed E-state index contributed by atoms with van der Waals surface area (Å²) >= 11 is 0. The van der Waals surface area contributed by atoms with Gasteiger partial charge in [0.05, 0.1) is 39.9 Å². The lowest BCUT2D eigenvalue weighted by molar-refractivity contribution is -0.870. The predicted octanol–water partition coefficient (Wildman–Crippen LogP) is 8.55. The van der Waals surface area contributed by atoms with Gasteiger partial charge in [0.25, 0.3) is 7.82 Å².